The molecule has 1 amide bonds. The van der Waals surface area contributed by atoms with E-state index < -0.39 is 12.1 Å². The number of carbonyl (C=O) groups excluding carboxylic acids is 1. The summed E-state index contributed by atoms with van der Waals surface area (Å²) < 4.78 is 12.9. The van der Waals surface area contributed by atoms with Crippen LogP contribution in [0.5, 0.6) is 5.75 Å². The molecule has 1 heterocycles. The van der Waals surface area contributed by atoms with Gasteiger partial charge in [0.2, 0.25) is 0 Å². The van der Waals surface area contributed by atoms with Gasteiger partial charge >= 0.3 is 12.1 Å². The van der Waals surface area contributed by atoms with Gasteiger partial charge in [-0.15, -0.1) is 5.10 Å². The maximum Gasteiger partial charge on any atom is 0.407 e. The summed E-state index contributed by atoms with van der Waals surface area (Å²) in [4.78, 5) is 23.4. The standard InChI is InChI=1S/C25H28N4O5/c1-29-22(15-26-25(32)33-16-17-6-3-2-4-7-17)23(27-28-29)18-10-12-20(13-11-18)34-21-9-5-8-19(14-21)24(30)31/h2-4,6-7,10-13,19,21H,5,8-9,14-16H2,1H3,(H,26,32)(H,30,31). The molecule has 0 bridgehead atoms. The smallest absolute Gasteiger partial charge is 0.407 e. The Hall–Kier alpha value is -3.88. The molecular weight excluding hydrogens is 436 g/mol. The van der Waals surface area contributed by atoms with E-state index in [2.05, 4.69) is 15.6 Å². The molecule has 1 saturated carbocycles. The van der Waals surface area contributed by atoms with E-state index in [-0.39, 0.29) is 25.2 Å². The second kappa shape index (κ2) is 10.8. The Morgan fingerprint density at radius 2 is 1.88 bits per heavy atom. The average molecular weight is 465 g/mol. The number of rotatable bonds is 8. The molecule has 1 fully saturated rings. The number of aryl methyl sites for hydroxylation is 1. The van der Waals surface area contributed by atoms with Gasteiger partial charge in [-0.25, -0.2) is 9.48 Å². The van der Waals surface area contributed by atoms with Crippen molar-refractivity contribution in [2.45, 2.75) is 44.9 Å². The first-order chi connectivity index (χ1) is 16.5. The maximum atomic E-state index is 12.1. The highest BCUT2D eigenvalue weighted by atomic mass is 16.5. The molecule has 2 N–H and O–H groups in total. The molecule has 3 aromatic rings. The van der Waals surface area contributed by atoms with Gasteiger partial charge in [-0.2, -0.15) is 0 Å². The van der Waals surface area contributed by atoms with Gasteiger partial charge in [0.05, 0.1) is 24.3 Å². The van der Waals surface area contributed by atoms with Crippen LogP contribution in [0.4, 0.5) is 4.79 Å². The molecule has 4 rings (SSSR count). The lowest BCUT2D eigenvalue weighted by Crippen LogP contribution is -2.29. The molecule has 0 aliphatic heterocycles. The largest absolute Gasteiger partial charge is 0.490 e. The lowest BCUT2D eigenvalue weighted by atomic mass is 9.87. The van der Waals surface area contributed by atoms with Crippen molar-refractivity contribution < 1.29 is 24.2 Å². The van der Waals surface area contributed by atoms with Crippen molar-refractivity contribution >= 4 is 12.1 Å². The number of aliphatic carboxylic acids is 1. The zero-order valence-electron chi connectivity index (χ0n) is 19.0. The van der Waals surface area contributed by atoms with Gasteiger partial charge in [-0.05, 0) is 55.5 Å². The zero-order valence-corrected chi connectivity index (χ0v) is 19.0. The number of aromatic nitrogens is 3. The second-order valence-corrected chi connectivity index (χ2v) is 8.39. The number of benzene rings is 2. The molecular formula is C25H28N4O5. The Morgan fingerprint density at radius 1 is 1.12 bits per heavy atom. The molecule has 9 nitrogen and oxygen atoms in total. The molecule has 0 radical (unpaired) electrons. The Bertz CT molecular complexity index is 1110. The van der Waals surface area contributed by atoms with Crippen LogP contribution in [0.2, 0.25) is 0 Å². The van der Waals surface area contributed by atoms with Crippen LogP contribution in [0.25, 0.3) is 11.3 Å². The quantitative estimate of drug-likeness (QED) is 0.519. The van der Waals surface area contributed by atoms with E-state index in [1.54, 1.807) is 11.7 Å². The lowest BCUT2D eigenvalue weighted by Gasteiger charge is -2.27. The van der Waals surface area contributed by atoms with E-state index in [1.165, 1.54) is 0 Å². The Balaban J connectivity index is 1.34. The zero-order chi connectivity index (χ0) is 23.9. The monoisotopic (exact) mass is 464 g/mol. The van der Waals surface area contributed by atoms with E-state index in [0.29, 0.717) is 24.3 Å². The average Bonchev–Trinajstić information content (AvgIpc) is 3.23. The summed E-state index contributed by atoms with van der Waals surface area (Å²) in [5.74, 6) is -0.406. The third-order valence-corrected chi connectivity index (χ3v) is 5.96. The summed E-state index contributed by atoms with van der Waals surface area (Å²) in [5.41, 5.74) is 3.14. The summed E-state index contributed by atoms with van der Waals surface area (Å²) in [5, 5.41) is 20.4. The fourth-order valence-corrected chi connectivity index (χ4v) is 4.09. The maximum absolute atomic E-state index is 12.1. The Labute approximate surface area is 197 Å². The molecule has 1 aromatic heterocycles. The summed E-state index contributed by atoms with van der Waals surface area (Å²) in [6.07, 6.45) is 2.32. The van der Waals surface area contributed by atoms with E-state index in [9.17, 15) is 14.7 Å². The fourth-order valence-electron chi connectivity index (χ4n) is 4.09. The number of hydrogen-bond acceptors (Lipinski definition) is 6. The van der Waals surface area contributed by atoms with Gasteiger partial charge in [-0.1, -0.05) is 35.5 Å². The molecule has 1 aliphatic carbocycles. The van der Waals surface area contributed by atoms with E-state index >= 15 is 0 Å². The molecule has 0 saturated heterocycles. The first-order valence-electron chi connectivity index (χ1n) is 11.3. The summed E-state index contributed by atoms with van der Waals surface area (Å²) in [6.45, 7) is 0.405. The molecule has 1 aliphatic rings. The minimum absolute atomic E-state index is 0.0983. The number of carboxylic acids is 1. The highest BCUT2D eigenvalue weighted by molar-refractivity contribution is 5.70. The molecule has 2 atom stereocenters. The third-order valence-electron chi connectivity index (χ3n) is 5.96. The van der Waals surface area contributed by atoms with Crippen molar-refractivity contribution in [1.82, 2.24) is 20.3 Å². The number of nitrogens with zero attached hydrogens (tertiary/aromatic N) is 3. The minimum atomic E-state index is -0.753. The van der Waals surface area contributed by atoms with Crippen molar-refractivity contribution in [2.75, 3.05) is 0 Å². The normalized spacial score (nSPS) is 17.7. The van der Waals surface area contributed by atoms with Gasteiger partial charge in [0.15, 0.2) is 0 Å². The minimum Gasteiger partial charge on any atom is -0.490 e. The summed E-state index contributed by atoms with van der Waals surface area (Å²) in [6, 6.07) is 16.9. The van der Waals surface area contributed by atoms with Crippen LogP contribution in [0, 0.1) is 5.92 Å². The van der Waals surface area contributed by atoms with Crippen LogP contribution in [-0.2, 0) is 29.7 Å². The molecule has 2 aromatic carbocycles. The van der Waals surface area contributed by atoms with Crippen molar-refractivity contribution in [3.05, 3.63) is 65.9 Å². The van der Waals surface area contributed by atoms with E-state index in [4.69, 9.17) is 9.47 Å². The number of nitrogens with one attached hydrogen (secondary N) is 1. The second-order valence-electron chi connectivity index (χ2n) is 8.39. The Kier molecular flexibility index (Phi) is 7.41. The number of ether oxygens (including phenoxy) is 2. The summed E-state index contributed by atoms with van der Waals surface area (Å²) in [7, 11) is 1.77. The van der Waals surface area contributed by atoms with Crippen molar-refractivity contribution in [3.63, 3.8) is 0 Å². The van der Waals surface area contributed by atoms with Crippen molar-refractivity contribution in [3.8, 4) is 17.0 Å². The van der Waals surface area contributed by atoms with Crippen molar-refractivity contribution in [2.24, 2.45) is 13.0 Å². The predicted octanol–water partition coefficient (Wildman–Crippen LogP) is 3.93. The fraction of sp³-hybridized carbons (Fsp3) is 0.360. The van der Waals surface area contributed by atoms with Crippen molar-refractivity contribution in [1.29, 1.82) is 0 Å². The highest BCUT2D eigenvalue weighted by Gasteiger charge is 2.28. The lowest BCUT2D eigenvalue weighted by molar-refractivity contribution is -0.143. The third kappa shape index (κ3) is 5.92. The summed E-state index contributed by atoms with van der Waals surface area (Å²) >= 11 is 0. The van der Waals surface area contributed by atoms with Crippen LogP contribution in [0.1, 0.15) is 36.9 Å². The van der Waals surface area contributed by atoms with E-state index in [0.717, 1.165) is 29.7 Å². The van der Waals surface area contributed by atoms with Gasteiger partial charge in [-0.3, -0.25) is 4.79 Å². The predicted molar refractivity (Wildman–Crippen MR) is 124 cm³/mol. The first-order valence-corrected chi connectivity index (χ1v) is 11.3. The van der Waals surface area contributed by atoms with Gasteiger partial charge in [0, 0.05) is 12.6 Å². The molecule has 0 spiro atoms. The van der Waals surface area contributed by atoms with Gasteiger partial charge in [0.25, 0.3) is 0 Å². The molecule has 34 heavy (non-hydrogen) atoms. The van der Waals surface area contributed by atoms with Crippen LogP contribution < -0.4 is 10.1 Å². The molecule has 9 heteroatoms. The first kappa shape index (κ1) is 23.3. The van der Waals surface area contributed by atoms with Crippen LogP contribution in [0.15, 0.2) is 54.6 Å². The highest BCUT2D eigenvalue weighted by Crippen LogP contribution is 2.29. The van der Waals surface area contributed by atoms with Gasteiger partial charge in [0.1, 0.15) is 18.1 Å². The van der Waals surface area contributed by atoms with Gasteiger partial charge < -0.3 is 19.9 Å². The number of amides is 1. The molecule has 2 unspecified atom stereocenters. The number of carboxylic acid groups (broad SMARTS) is 1. The van der Waals surface area contributed by atoms with Crippen LogP contribution in [-0.4, -0.2) is 38.3 Å². The molecule has 178 valence electrons. The SMILES string of the molecule is Cn1nnc(-c2ccc(OC3CCCC(C(=O)O)C3)cc2)c1CNC(=O)OCc1ccccc1. The topological polar surface area (TPSA) is 116 Å². The number of carbonyl (C=O) groups is 2. The van der Waals surface area contributed by atoms with Crippen LogP contribution >= 0.6 is 0 Å². The number of alkyl carbamates (subject to hydrolysis) is 1. The Morgan fingerprint density at radius 3 is 2.62 bits per heavy atom. The van der Waals surface area contributed by atoms with Crippen LogP contribution in [0.3, 0.4) is 0 Å². The van der Waals surface area contributed by atoms with E-state index in [1.807, 2.05) is 54.6 Å². The number of hydrogen-bond donors (Lipinski definition) is 2.